The number of benzene rings is 1. The van der Waals surface area contributed by atoms with E-state index in [1.165, 1.54) is 12.1 Å². The Bertz CT molecular complexity index is 509. The summed E-state index contributed by atoms with van der Waals surface area (Å²) in [5, 5.41) is 0. The van der Waals surface area contributed by atoms with Gasteiger partial charge in [0.15, 0.2) is 0 Å². The monoisotopic (exact) mass is 299 g/mol. The minimum atomic E-state index is -0.221. The Morgan fingerprint density at radius 1 is 1.31 bits per heavy atom. The summed E-state index contributed by atoms with van der Waals surface area (Å²) in [7, 11) is 0. The van der Waals surface area contributed by atoms with Crippen LogP contribution in [-0.2, 0) is 0 Å². The standard InChI is InChI=1S/C12H11BrFNS/c1-7-6-8(14)2-3-9(7)12(15)10-4-5-11(13)16-10/h2-6,12H,15H2,1H3. The minimum Gasteiger partial charge on any atom is -0.320 e. The molecule has 0 aliphatic rings. The molecule has 84 valence electrons. The number of rotatable bonds is 2. The molecule has 2 rings (SSSR count). The fraction of sp³-hybridized carbons (Fsp3) is 0.167. The molecule has 0 spiro atoms. The Morgan fingerprint density at radius 3 is 2.62 bits per heavy atom. The largest absolute Gasteiger partial charge is 0.320 e. The van der Waals surface area contributed by atoms with Gasteiger partial charge in [-0.1, -0.05) is 6.07 Å². The first kappa shape index (κ1) is 11.8. The van der Waals surface area contributed by atoms with Crippen molar-refractivity contribution in [1.82, 2.24) is 0 Å². The maximum Gasteiger partial charge on any atom is 0.123 e. The SMILES string of the molecule is Cc1cc(F)ccc1C(N)c1ccc(Br)s1. The second-order valence-electron chi connectivity index (χ2n) is 3.62. The Balaban J connectivity index is 2.37. The molecule has 1 nitrogen and oxygen atoms in total. The summed E-state index contributed by atoms with van der Waals surface area (Å²) in [5.74, 6) is -0.221. The molecular weight excluding hydrogens is 289 g/mol. The number of hydrogen-bond donors (Lipinski definition) is 1. The average Bonchev–Trinajstić information content (AvgIpc) is 2.64. The molecule has 0 aliphatic carbocycles. The van der Waals surface area contributed by atoms with Crippen LogP contribution in [0.4, 0.5) is 4.39 Å². The molecule has 0 fully saturated rings. The van der Waals surface area contributed by atoms with Crippen LogP contribution in [0.25, 0.3) is 0 Å². The smallest absolute Gasteiger partial charge is 0.123 e. The van der Waals surface area contributed by atoms with Crippen LogP contribution in [0.1, 0.15) is 22.0 Å². The van der Waals surface area contributed by atoms with E-state index in [9.17, 15) is 4.39 Å². The summed E-state index contributed by atoms with van der Waals surface area (Å²) in [6.07, 6.45) is 0. The van der Waals surface area contributed by atoms with Crippen molar-refractivity contribution in [3.05, 3.63) is 55.9 Å². The third-order valence-corrected chi connectivity index (χ3v) is 4.17. The van der Waals surface area contributed by atoms with E-state index in [-0.39, 0.29) is 11.9 Å². The van der Waals surface area contributed by atoms with Gasteiger partial charge in [-0.15, -0.1) is 11.3 Å². The third kappa shape index (κ3) is 2.34. The van der Waals surface area contributed by atoms with Crippen molar-refractivity contribution in [2.45, 2.75) is 13.0 Å². The normalized spacial score (nSPS) is 12.8. The molecule has 16 heavy (non-hydrogen) atoms. The Morgan fingerprint density at radius 2 is 2.06 bits per heavy atom. The molecule has 1 unspecified atom stereocenters. The average molecular weight is 300 g/mol. The molecule has 0 radical (unpaired) electrons. The lowest BCUT2D eigenvalue weighted by Gasteiger charge is -2.13. The van der Waals surface area contributed by atoms with Crippen LogP contribution < -0.4 is 5.73 Å². The molecule has 1 aromatic carbocycles. The van der Waals surface area contributed by atoms with Gasteiger partial charge >= 0.3 is 0 Å². The molecule has 1 heterocycles. The Hall–Kier alpha value is -0.710. The first-order chi connectivity index (χ1) is 7.58. The van der Waals surface area contributed by atoms with Gasteiger partial charge in [-0.3, -0.25) is 0 Å². The molecule has 2 N–H and O–H groups in total. The highest BCUT2D eigenvalue weighted by Gasteiger charge is 2.13. The lowest BCUT2D eigenvalue weighted by Crippen LogP contribution is -2.11. The van der Waals surface area contributed by atoms with Crippen LogP contribution >= 0.6 is 27.3 Å². The van der Waals surface area contributed by atoms with Gasteiger partial charge in [0.05, 0.1) is 9.83 Å². The predicted octanol–water partition coefficient (Wildman–Crippen LogP) is 4.01. The van der Waals surface area contributed by atoms with Gasteiger partial charge in [-0.05, 0) is 58.2 Å². The van der Waals surface area contributed by atoms with E-state index in [0.29, 0.717) is 0 Å². The van der Waals surface area contributed by atoms with Gasteiger partial charge in [-0.25, -0.2) is 4.39 Å². The molecule has 1 aromatic heterocycles. The van der Waals surface area contributed by atoms with Crippen LogP contribution in [0.2, 0.25) is 0 Å². The van der Waals surface area contributed by atoms with E-state index in [2.05, 4.69) is 15.9 Å². The van der Waals surface area contributed by atoms with Crippen molar-refractivity contribution in [3.8, 4) is 0 Å². The molecule has 0 amide bonds. The predicted molar refractivity (Wildman–Crippen MR) is 69.2 cm³/mol. The van der Waals surface area contributed by atoms with Crippen LogP contribution in [-0.4, -0.2) is 0 Å². The summed E-state index contributed by atoms with van der Waals surface area (Å²) in [5.41, 5.74) is 8.00. The van der Waals surface area contributed by atoms with Gasteiger partial charge in [0.2, 0.25) is 0 Å². The van der Waals surface area contributed by atoms with Crippen molar-refractivity contribution < 1.29 is 4.39 Å². The van der Waals surface area contributed by atoms with Crippen molar-refractivity contribution >= 4 is 27.3 Å². The molecule has 0 aliphatic heterocycles. The van der Waals surface area contributed by atoms with E-state index < -0.39 is 0 Å². The lowest BCUT2D eigenvalue weighted by molar-refractivity contribution is 0.625. The number of hydrogen-bond acceptors (Lipinski definition) is 2. The van der Waals surface area contributed by atoms with E-state index in [1.54, 1.807) is 17.4 Å². The highest BCUT2D eigenvalue weighted by molar-refractivity contribution is 9.11. The summed E-state index contributed by atoms with van der Waals surface area (Å²) < 4.78 is 14.0. The number of thiophene rings is 1. The number of aryl methyl sites for hydroxylation is 1. The van der Waals surface area contributed by atoms with Crippen molar-refractivity contribution in [1.29, 1.82) is 0 Å². The highest BCUT2D eigenvalue weighted by Crippen LogP contribution is 2.31. The van der Waals surface area contributed by atoms with Crippen LogP contribution in [0.15, 0.2) is 34.1 Å². The zero-order chi connectivity index (χ0) is 11.7. The molecule has 0 saturated heterocycles. The van der Waals surface area contributed by atoms with E-state index in [1.807, 2.05) is 19.1 Å². The molecule has 2 aromatic rings. The van der Waals surface area contributed by atoms with Gasteiger partial charge in [-0.2, -0.15) is 0 Å². The van der Waals surface area contributed by atoms with Gasteiger partial charge < -0.3 is 5.73 Å². The fourth-order valence-electron chi connectivity index (χ4n) is 1.64. The molecular formula is C12H11BrFNS. The Kier molecular flexibility index (Phi) is 3.42. The summed E-state index contributed by atoms with van der Waals surface area (Å²) in [6, 6.07) is 8.49. The fourth-order valence-corrected chi connectivity index (χ4v) is 3.08. The van der Waals surface area contributed by atoms with Gasteiger partial charge in [0, 0.05) is 4.88 Å². The molecule has 1 atom stereocenters. The van der Waals surface area contributed by atoms with E-state index >= 15 is 0 Å². The summed E-state index contributed by atoms with van der Waals surface area (Å²) in [4.78, 5) is 1.07. The van der Waals surface area contributed by atoms with Gasteiger partial charge in [0.25, 0.3) is 0 Å². The maximum absolute atomic E-state index is 13.0. The zero-order valence-corrected chi connectivity index (χ0v) is 11.1. The summed E-state index contributed by atoms with van der Waals surface area (Å²) >= 11 is 5.01. The first-order valence-corrected chi connectivity index (χ1v) is 6.46. The molecule has 0 bridgehead atoms. The highest BCUT2D eigenvalue weighted by atomic mass is 79.9. The quantitative estimate of drug-likeness (QED) is 0.891. The second kappa shape index (κ2) is 4.65. The number of halogens is 2. The topological polar surface area (TPSA) is 26.0 Å². The third-order valence-electron chi connectivity index (χ3n) is 2.47. The van der Waals surface area contributed by atoms with E-state index in [4.69, 9.17) is 5.73 Å². The van der Waals surface area contributed by atoms with Crippen LogP contribution in [0.5, 0.6) is 0 Å². The maximum atomic E-state index is 13.0. The van der Waals surface area contributed by atoms with E-state index in [0.717, 1.165) is 19.8 Å². The zero-order valence-electron chi connectivity index (χ0n) is 8.71. The van der Waals surface area contributed by atoms with Crippen molar-refractivity contribution in [2.24, 2.45) is 5.73 Å². The van der Waals surface area contributed by atoms with Crippen molar-refractivity contribution in [3.63, 3.8) is 0 Å². The second-order valence-corrected chi connectivity index (χ2v) is 6.12. The lowest BCUT2D eigenvalue weighted by atomic mass is 10.0. The molecule has 0 saturated carbocycles. The minimum absolute atomic E-state index is 0.183. The summed E-state index contributed by atoms with van der Waals surface area (Å²) in [6.45, 7) is 1.88. The van der Waals surface area contributed by atoms with Crippen LogP contribution in [0.3, 0.4) is 0 Å². The van der Waals surface area contributed by atoms with Gasteiger partial charge in [0.1, 0.15) is 5.82 Å². The molecule has 4 heteroatoms. The Labute approximate surface area is 106 Å². The number of nitrogens with two attached hydrogens (primary N) is 1. The first-order valence-electron chi connectivity index (χ1n) is 4.85. The van der Waals surface area contributed by atoms with Crippen molar-refractivity contribution in [2.75, 3.05) is 0 Å². The van der Waals surface area contributed by atoms with Crippen LogP contribution in [0, 0.1) is 12.7 Å².